The van der Waals surface area contributed by atoms with E-state index >= 15 is 0 Å². The monoisotopic (exact) mass is 422 g/mol. The topological polar surface area (TPSA) is 78.6 Å². The van der Waals surface area contributed by atoms with Crippen molar-refractivity contribution in [2.45, 2.75) is 20.3 Å². The maximum Gasteiger partial charge on any atom is 0.291 e. The van der Waals surface area contributed by atoms with Gasteiger partial charge in [0, 0.05) is 18.0 Å². The lowest BCUT2D eigenvalue weighted by Crippen LogP contribution is -2.23. The third-order valence-corrected chi connectivity index (χ3v) is 5.52. The van der Waals surface area contributed by atoms with Crippen LogP contribution in [0, 0.1) is 5.92 Å². The summed E-state index contributed by atoms with van der Waals surface area (Å²) in [4.78, 5) is 21.8. The Balaban J connectivity index is 1.63. The SMILES string of the molecule is COc1cc(/C=c2\sc3nc(-c4ccncc4)nn3c2=O)ccc1OCCC(C)C. The Kier molecular flexibility index (Phi) is 5.76. The molecule has 0 atom stereocenters. The van der Waals surface area contributed by atoms with Gasteiger partial charge < -0.3 is 9.47 Å². The molecule has 3 aromatic heterocycles. The second kappa shape index (κ2) is 8.62. The molecule has 0 aliphatic carbocycles. The number of thiazole rings is 1. The largest absolute Gasteiger partial charge is 0.493 e. The molecular formula is C22H22N4O3S. The predicted octanol–water partition coefficient (Wildman–Crippen LogP) is 3.19. The summed E-state index contributed by atoms with van der Waals surface area (Å²) in [5.74, 6) is 2.42. The molecule has 8 heteroatoms. The molecule has 0 N–H and O–H groups in total. The molecular weight excluding hydrogens is 400 g/mol. The van der Waals surface area contributed by atoms with Gasteiger partial charge in [0.25, 0.3) is 5.56 Å². The van der Waals surface area contributed by atoms with Crippen molar-refractivity contribution < 1.29 is 9.47 Å². The summed E-state index contributed by atoms with van der Waals surface area (Å²) in [6.07, 6.45) is 6.13. The first kappa shape index (κ1) is 20.0. The van der Waals surface area contributed by atoms with Crippen LogP contribution in [0.15, 0.2) is 47.5 Å². The second-order valence-electron chi connectivity index (χ2n) is 7.22. The Morgan fingerprint density at radius 1 is 1.17 bits per heavy atom. The van der Waals surface area contributed by atoms with Crippen LogP contribution in [0.2, 0.25) is 0 Å². The fraction of sp³-hybridized carbons (Fsp3) is 0.273. The van der Waals surface area contributed by atoms with Gasteiger partial charge in [0.1, 0.15) is 0 Å². The normalized spacial score (nSPS) is 12.1. The molecule has 0 spiro atoms. The van der Waals surface area contributed by atoms with Crippen molar-refractivity contribution in [2.24, 2.45) is 5.92 Å². The number of hydrogen-bond acceptors (Lipinski definition) is 7. The van der Waals surface area contributed by atoms with Crippen LogP contribution in [0.1, 0.15) is 25.8 Å². The fourth-order valence-corrected chi connectivity index (χ4v) is 3.81. The van der Waals surface area contributed by atoms with E-state index in [-0.39, 0.29) is 5.56 Å². The summed E-state index contributed by atoms with van der Waals surface area (Å²) < 4.78 is 13.2. The summed E-state index contributed by atoms with van der Waals surface area (Å²) in [5, 5.41) is 4.35. The molecule has 154 valence electrons. The van der Waals surface area contributed by atoms with E-state index in [2.05, 4.69) is 28.9 Å². The molecule has 0 radical (unpaired) electrons. The maximum atomic E-state index is 12.8. The van der Waals surface area contributed by atoms with Gasteiger partial charge >= 0.3 is 0 Å². The minimum Gasteiger partial charge on any atom is -0.493 e. The maximum absolute atomic E-state index is 12.8. The van der Waals surface area contributed by atoms with Gasteiger partial charge in [-0.1, -0.05) is 31.3 Å². The van der Waals surface area contributed by atoms with E-state index in [1.807, 2.05) is 36.4 Å². The van der Waals surface area contributed by atoms with Crippen LogP contribution in [0.25, 0.3) is 22.4 Å². The molecule has 0 amide bonds. The number of hydrogen-bond donors (Lipinski definition) is 0. The summed E-state index contributed by atoms with van der Waals surface area (Å²) >= 11 is 1.30. The second-order valence-corrected chi connectivity index (χ2v) is 8.23. The first-order chi connectivity index (χ1) is 14.5. The highest BCUT2D eigenvalue weighted by atomic mass is 32.1. The van der Waals surface area contributed by atoms with Gasteiger partial charge in [0.05, 0.1) is 18.2 Å². The van der Waals surface area contributed by atoms with Crippen LogP contribution < -0.4 is 19.6 Å². The highest BCUT2D eigenvalue weighted by Crippen LogP contribution is 2.28. The van der Waals surface area contributed by atoms with Crippen LogP contribution in [0.3, 0.4) is 0 Å². The third-order valence-electron chi connectivity index (χ3n) is 4.56. The Labute approximate surface area is 177 Å². The number of pyridine rings is 1. The molecule has 3 heterocycles. The molecule has 0 aliphatic heterocycles. The molecule has 1 aromatic carbocycles. The van der Waals surface area contributed by atoms with E-state index in [0.29, 0.717) is 39.3 Å². The molecule has 0 saturated carbocycles. The van der Waals surface area contributed by atoms with Gasteiger partial charge in [0.2, 0.25) is 4.96 Å². The summed E-state index contributed by atoms with van der Waals surface area (Å²) in [7, 11) is 1.61. The molecule has 7 nitrogen and oxygen atoms in total. The van der Waals surface area contributed by atoms with E-state index < -0.39 is 0 Å². The Morgan fingerprint density at radius 3 is 2.67 bits per heavy atom. The smallest absolute Gasteiger partial charge is 0.291 e. The zero-order chi connectivity index (χ0) is 21.1. The van der Waals surface area contributed by atoms with E-state index in [9.17, 15) is 4.79 Å². The Morgan fingerprint density at radius 2 is 1.97 bits per heavy atom. The van der Waals surface area contributed by atoms with Crippen molar-refractivity contribution >= 4 is 22.4 Å². The lowest BCUT2D eigenvalue weighted by Gasteiger charge is -2.12. The first-order valence-electron chi connectivity index (χ1n) is 9.67. The van der Waals surface area contributed by atoms with E-state index in [1.54, 1.807) is 19.5 Å². The highest BCUT2D eigenvalue weighted by molar-refractivity contribution is 7.15. The van der Waals surface area contributed by atoms with Crippen molar-refractivity contribution in [2.75, 3.05) is 13.7 Å². The molecule has 0 aliphatic rings. The van der Waals surface area contributed by atoms with Crippen LogP contribution in [0.4, 0.5) is 0 Å². The number of methoxy groups -OCH3 is 1. The lowest BCUT2D eigenvalue weighted by molar-refractivity contribution is 0.273. The van der Waals surface area contributed by atoms with Gasteiger partial charge in [-0.15, -0.1) is 5.10 Å². The van der Waals surface area contributed by atoms with Crippen LogP contribution in [-0.4, -0.2) is 33.3 Å². The average molecular weight is 423 g/mol. The molecule has 0 saturated heterocycles. The third kappa shape index (κ3) is 4.18. The molecule has 30 heavy (non-hydrogen) atoms. The van der Waals surface area contributed by atoms with Gasteiger partial charge in [-0.25, -0.2) is 0 Å². The van der Waals surface area contributed by atoms with Gasteiger partial charge in [-0.05, 0) is 48.2 Å². The van der Waals surface area contributed by atoms with Gasteiger partial charge in [0.15, 0.2) is 17.3 Å². The molecule has 0 unspecified atom stereocenters. The fourth-order valence-electron chi connectivity index (χ4n) is 2.91. The number of fused-ring (bicyclic) bond motifs is 1. The van der Waals surface area contributed by atoms with E-state index in [1.165, 1.54) is 15.9 Å². The van der Waals surface area contributed by atoms with E-state index in [0.717, 1.165) is 17.5 Å². The number of nitrogens with zero attached hydrogens (tertiary/aromatic N) is 4. The summed E-state index contributed by atoms with van der Waals surface area (Å²) in [6.45, 7) is 4.95. The first-order valence-corrected chi connectivity index (χ1v) is 10.5. The minimum atomic E-state index is -0.195. The Bertz CT molecular complexity index is 1270. The van der Waals surface area contributed by atoms with E-state index in [4.69, 9.17) is 9.47 Å². The summed E-state index contributed by atoms with van der Waals surface area (Å²) in [5.41, 5.74) is 1.47. The van der Waals surface area contributed by atoms with Gasteiger partial charge in [-0.2, -0.15) is 9.50 Å². The van der Waals surface area contributed by atoms with Crippen LogP contribution in [-0.2, 0) is 0 Å². The number of aromatic nitrogens is 4. The predicted molar refractivity (Wildman–Crippen MR) is 117 cm³/mol. The van der Waals surface area contributed by atoms with Crippen molar-refractivity contribution in [3.05, 3.63) is 63.2 Å². The standard InChI is InChI=1S/C22H22N4O3S/c1-14(2)8-11-29-17-5-4-15(12-18(17)28-3)13-19-21(27)26-22(30-19)24-20(25-26)16-6-9-23-10-7-16/h4-7,9-10,12-14H,8,11H2,1-3H3/b19-13-. The van der Waals surface area contributed by atoms with Crippen molar-refractivity contribution in [3.63, 3.8) is 0 Å². The lowest BCUT2D eigenvalue weighted by atomic mass is 10.1. The number of rotatable bonds is 7. The summed E-state index contributed by atoms with van der Waals surface area (Å²) in [6, 6.07) is 9.27. The number of ether oxygens (including phenoxy) is 2. The number of benzene rings is 1. The van der Waals surface area contributed by atoms with Crippen molar-refractivity contribution in [1.29, 1.82) is 0 Å². The average Bonchev–Trinajstić information content (AvgIpc) is 3.29. The quantitative estimate of drug-likeness (QED) is 0.455. The van der Waals surface area contributed by atoms with Crippen molar-refractivity contribution in [3.8, 4) is 22.9 Å². The molecule has 4 rings (SSSR count). The van der Waals surface area contributed by atoms with Crippen LogP contribution in [0.5, 0.6) is 11.5 Å². The Hall–Kier alpha value is -3.26. The molecule has 0 bridgehead atoms. The zero-order valence-electron chi connectivity index (χ0n) is 17.0. The molecule has 0 fully saturated rings. The van der Waals surface area contributed by atoms with Gasteiger partial charge in [-0.3, -0.25) is 9.78 Å². The van der Waals surface area contributed by atoms with Crippen molar-refractivity contribution in [1.82, 2.24) is 19.6 Å². The zero-order valence-corrected chi connectivity index (χ0v) is 17.8. The van der Waals surface area contributed by atoms with Crippen LogP contribution >= 0.6 is 11.3 Å². The highest BCUT2D eigenvalue weighted by Gasteiger charge is 2.12. The molecule has 4 aromatic rings. The minimum absolute atomic E-state index is 0.195.